The fourth-order valence-corrected chi connectivity index (χ4v) is 3.95. The lowest BCUT2D eigenvalue weighted by Gasteiger charge is -2.25. The zero-order chi connectivity index (χ0) is 23.1. The zero-order valence-corrected chi connectivity index (χ0v) is 19.1. The Morgan fingerprint density at radius 3 is 2.75 bits per heavy atom. The summed E-state index contributed by atoms with van der Waals surface area (Å²) in [4.78, 5) is 38.9. The third-order valence-corrected chi connectivity index (χ3v) is 5.75. The van der Waals surface area contributed by atoms with E-state index in [4.69, 9.17) is 9.72 Å². The maximum absolute atomic E-state index is 12.8. The number of benzene rings is 1. The fourth-order valence-electron chi connectivity index (χ4n) is 3.95. The predicted molar refractivity (Wildman–Crippen MR) is 122 cm³/mol. The Hall–Kier alpha value is -3.42. The van der Waals surface area contributed by atoms with E-state index in [9.17, 15) is 9.59 Å². The Kier molecular flexibility index (Phi) is 5.40. The molecular weight excluding hydrogens is 408 g/mol. The number of rotatable bonds is 4. The first-order valence-corrected chi connectivity index (χ1v) is 10.6. The highest BCUT2D eigenvalue weighted by Gasteiger charge is 2.38. The lowest BCUT2D eigenvalue weighted by Crippen LogP contribution is -2.35. The van der Waals surface area contributed by atoms with Crippen molar-refractivity contribution in [3.8, 4) is 11.3 Å². The third-order valence-electron chi connectivity index (χ3n) is 5.75. The van der Waals surface area contributed by atoms with Gasteiger partial charge in [0.2, 0.25) is 0 Å². The summed E-state index contributed by atoms with van der Waals surface area (Å²) in [5, 5.41) is 0. The Morgan fingerprint density at radius 2 is 2.03 bits per heavy atom. The average molecular weight is 437 g/mol. The van der Waals surface area contributed by atoms with Crippen LogP contribution in [0.25, 0.3) is 22.4 Å². The van der Waals surface area contributed by atoms with Gasteiger partial charge < -0.3 is 19.4 Å². The molecule has 1 N–H and O–H groups in total. The van der Waals surface area contributed by atoms with E-state index in [1.54, 1.807) is 12.4 Å². The van der Waals surface area contributed by atoms with E-state index < -0.39 is 17.2 Å². The Morgan fingerprint density at radius 1 is 1.25 bits per heavy atom. The summed E-state index contributed by atoms with van der Waals surface area (Å²) in [7, 11) is 1.31. The number of nitrogens with zero attached hydrogens (tertiary/aromatic N) is 3. The number of ketones is 1. The van der Waals surface area contributed by atoms with E-state index in [-0.39, 0.29) is 5.78 Å². The molecule has 8 nitrogen and oxygen atoms in total. The van der Waals surface area contributed by atoms with Crippen LogP contribution in [0.4, 0.5) is 10.5 Å². The Balaban J connectivity index is 1.63. The topological polar surface area (TPSA) is 97.4 Å². The van der Waals surface area contributed by atoms with E-state index in [0.29, 0.717) is 35.4 Å². The highest BCUT2D eigenvalue weighted by Crippen LogP contribution is 2.32. The Bertz CT molecular complexity index is 1180. The Labute approximate surface area is 187 Å². The molecule has 2 aromatic heterocycles. The highest BCUT2D eigenvalue weighted by atomic mass is 16.7. The van der Waals surface area contributed by atoms with Gasteiger partial charge in [-0.05, 0) is 19.1 Å². The van der Waals surface area contributed by atoms with Crippen LogP contribution < -0.4 is 4.90 Å². The predicted octanol–water partition coefficient (Wildman–Crippen LogP) is 4.61. The van der Waals surface area contributed by atoms with Gasteiger partial charge in [-0.15, -0.1) is 0 Å². The molecule has 1 unspecified atom stereocenters. The summed E-state index contributed by atoms with van der Waals surface area (Å²) in [6.07, 6.45) is 3.43. The largest absolute Gasteiger partial charge is 0.508 e. The van der Waals surface area contributed by atoms with Crippen molar-refractivity contribution in [2.24, 2.45) is 5.41 Å². The molecule has 1 aliphatic heterocycles. The molecule has 0 spiro atoms. The van der Waals surface area contributed by atoms with Gasteiger partial charge in [-0.3, -0.25) is 4.79 Å². The molecule has 0 radical (unpaired) electrons. The molecule has 0 amide bonds. The maximum Gasteiger partial charge on any atom is 0.508 e. The molecule has 1 aromatic carbocycles. The number of hydrogen-bond donors (Lipinski definition) is 1. The lowest BCUT2D eigenvalue weighted by molar-refractivity contribution is -0.00490. The van der Waals surface area contributed by atoms with E-state index in [0.717, 1.165) is 17.8 Å². The monoisotopic (exact) mass is 436 g/mol. The van der Waals surface area contributed by atoms with Gasteiger partial charge in [0.15, 0.2) is 11.4 Å². The van der Waals surface area contributed by atoms with Gasteiger partial charge in [0, 0.05) is 35.8 Å². The molecule has 3 aromatic rings. The number of hydrogen-bond acceptors (Lipinski definition) is 7. The first-order valence-electron chi connectivity index (χ1n) is 10.6. The number of nitrogens with one attached hydrogen (secondary N) is 1. The van der Waals surface area contributed by atoms with Crippen LogP contribution in [0.3, 0.4) is 0 Å². The van der Waals surface area contributed by atoms with E-state index in [1.807, 2.05) is 52.0 Å². The van der Waals surface area contributed by atoms with Crippen molar-refractivity contribution in [3.63, 3.8) is 0 Å². The summed E-state index contributed by atoms with van der Waals surface area (Å²) in [5.74, 6) is 0.0194. The molecule has 168 valence electrons. The molecule has 4 rings (SSSR count). The molecule has 8 heteroatoms. The molecule has 32 heavy (non-hydrogen) atoms. The summed E-state index contributed by atoms with van der Waals surface area (Å²) < 4.78 is 10.1. The first-order chi connectivity index (χ1) is 15.1. The third kappa shape index (κ3) is 4.17. The summed E-state index contributed by atoms with van der Waals surface area (Å²) in [6.45, 7) is 8.91. The first kappa shape index (κ1) is 21.8. The van der Waals surface area contributed by atoms with Crippen LogP contribution in [0.2, 0.25) is 0 Å². The number of aromatic nitrogens is 3. The van der Waals surface area contributed by atoms with Gasteiger partial charge in [-0.2, -0.15) is 0 Å². The standard InChI is InChI=1S/C24H28N4O4/c1-23(2,3)20(29)17-12-25-21-19(17)27-18(13-26-21)15-7-6-8-16(11-15)28-10-9-24(4,14-28)32-22(30)31-5/h6-8,11-13H,9-10,14H2,1-5H3,(H,25,26). The van der Waals surface area contributed by atoms with Gasteiger partial charge in [0.1, 0.15) is 11.1 Å². The summed E-state index contributed by atoms with van der Waals surface area (Å²) >= 11 is 0. The van der Waals surface area contributed by atoms with Crippen LogP contribution in [0.5, 0.6) is 0 Å². The molecule has 1 fully saturated rings. The van der Waals surface area contributed by atoms with E-state index >= 15 is 0 Å². The maximum atomic E-state index is 12.8. The van der Waals surface area contributed by atoms with Crippen molar-refractivity contribution in [2.75, 3.05) is 25.1 Å². The zero-order valence-electron chi connectivity index (χ0n) is 19.1. The van der Waals surface area contributed by atoms with Crippen molar-refractivity contribution in [2.45, 2.75) is 39.7 Å². The van der Waals surface area contributed by atoms with E-state index in [1.165, 1.54) is 7.11 Å². The molecule has 0 bridgehead atoms. The minimum Gasteiger partial charge on any atom is -0.438 e. The molecule has 1 aliphatic rings. The molecule has 1 atom stereocenters. The van der Waals surface area contributed by atoms with Crippen LogP contribution in [0.1, 0.15) is 44.5 Å². The van der Waals surface area contributed by atoms with Gasteiger partial charge in [-0.1, -0.05) is 32.9 Å². The van der Waals surface area contributed by atoms with Crippen molar-refractivity contribution < 1.29 is 19.1 Å². The second kappa shape index (κ2) is 7.93. The minimum absolute atomic E-state index is 0.0194. The molecule has 3 heterocycles. The quantitative estimate of drug-likeness (QED) is 0.471. The number of methoxy groups -OCH3 is 1. The second-order valence-corrected chi connectivity index (χ2v) is 9.46. The molecule has 0 saturated carbocycles. The van der Waals surface area contributed by atoms with Crippen LogP contribution >= 0.6 is 0 Å². The molecule has 0 aliphatic carbocycles. The molecular formula is C24H28N4O4. The van der Waals surface area contributed by atoms with Crippen molar-refractivity contribution in [1.82, 2.24) is 15.0 Å². The van der Waals surface area contributed by atoms with Gasteiger partial charge in [0.25, 0.3) is 0 Å². The number of ether oxygens (including phenoxy) is 2. The van der Waals surface area contributed by atoms with Gasteiger partial charge in [0.05, 0.1) is 31.1 Å². The van der Waals surface area contributed by atoms with Crippen LogP contribution in [0, 0.1) is 5.41 Å². The number of fused-ring (bicyclic) bond motifs is 1. The SMILES string of the molecule is COC(=O)OC1(C)CCN(c2cccc(-c3cnc4[nH]cc(C(=O)C(C)(C)C)c4n3)c2)C1. The van der Waals surface area contributed by atoms with Crippen molar-refractivity contribution in [3.05, 3.63) is 42.2 Å². The second-order valence-electron chi connectivity index (χ2n) is 9.46. The van der Waals surface area contributed by atoms with Crippen molar-refractivity contribution >= 4 is 28.8 Å². The fraction of sp³-hybridized carbons (Fsp3) is 0.417. The smallest absolute Gasteiger partial charge is 0.438 e. The van der Waals surface area contributed by atoms with Crippen LogP contribution in [-0.4, -0.2) is 52.7 Å². The number of Topliss-reactive ketones (excluding diaryl/α,β-unsaturated/α-hetero) is 1. The molecule has 1 saturated heterocycles. The van der Waals surface area contributed by atoms with Gasteiger partial charge in [-0.25, -0.2) is 14.8 Å². The number of anilines is 1. The van der Waals surface area contributed by atoms with Gasteiger partial charge >= 0.3 is 6.16 Å². The van der Waals surface area contributed by atoms with E-state index in [2.05, 4.69) is 19.6 Å². The van der Waals surface area contributed by atoms with Crippen molar-refractivity contribution in [1.29, 1.82) is 0 Å². The van der Waals surface area contributed by atoms with Crippen LogP contribution in [-0.2, 0) is 9.47 Å². The summed E-state index contributed by atoms with van der Waals surface area (Å²) in [5.41, 5.74) is 3.19. The average Bonchev–Trinajstić information content (AvgIpc) is 3.35. The normalized spacial score (nSPS) is 18.7. The highest BCUT2D eigenvalue weighted by molar-refractivity contribution is 6.08. The lowest BCUT2D eigenvalue weighted by atomic mass is 9.87. The number of H-pyrrole nitrogens is 1. The summed E-state index contributed by atoms with van der Waals surface area (Å²) in [6, 6.07) is 7.99. The number of carbonyl (C=O) groups is 2. The number of carbonyl (C=O) groups excluding carboxylic acids is 2. The van der Waals surface area contributed by atoms with Crippen LogP contribution in [0.15, 0.2) is 36.7 Å². The number of aromatic amines is 1. The minimum atomic E-state index is -0.668.